The third-order valence-electron chi connectivity index (χ3n) is 7.37. The number of carbonyl (C=O) groups excluding carboxylic acids is 1. The van der Waals surface area contributed by atoms with Gasteiger partial charge in [0.15, 0.2) is 11.5 Å². The quantitative estimate of drug-likeness (QED) is 0.220. The number of esters is 1. The fraction of sp³-hybridized carbons (Fsp3) is 0.387. The van der Waals surface area contributed by atoms with E-state index in [0.717, 1.165) is 62.4 Å². The van der Waals surface area contributed by atoms with Crippen molar-refractivity contribution in [2.24, 2.45) is 0 Å². The zero-order chi connectivity index (χ0) is 27.2. The lowest BCUT2D eigenvalue weighted by atomic mass is 9.88. The highest BCUT2D eigenvalue weighted by Gasteiger charge is 2.33. The number of halogens is 2. The number of benzene rings is 3. The number of hydrogen-bond acceptors (Lipinski definition) is 8. The van der Waals surface area contributed by atoms with Gasteiger partial charge in [-0.3, -0.25) is 9.69 Å². The van der Waals surface area contributed by atoms with E-state index >= 15 is 0 Å². The van der Waals surface area contributed by atoms with E-state index in [0.29, 0.717) is 35.4 Å². The zero-order valence-corrected chi connectivity index (χ0v) is 25.3. The maximum atomic E-state index is 13.2. The Morgan fingerprint density at radius 1 is 0.805 bits per heavy atom. The van der Waals surface area contributed by atoms with Crippen molar-refractivity contribution in [1.29, 1.82) is 0 Å². The van der Waals surface area contributed by atoms with E-state index in [1.165, 1.54) is 0 Å². The average molecular weight is 606 g/mol. The normalized spacial score (nSPS) is 14.8. The molecule has 8 nitrogen and oxygen atoms in total. The highest BCUT2D eigenvalue weighted by atomic mass is 35.5. The third-order valence-corrected chi connectivity index (χ3v) is 7.37. The third kappa shape index (κ3) is 7.38. The lowest BCUT2D eigenvalue weighted by molar-refractivity contribution is -0.144. The van der Waals surface area contributed by atoms with E-state index < -0.39 is 5.92 Å². The Kier molecular flexibility index (Phi) is 12.0. The monoisotopic (exact) mass is 604 g/mol. The second-order valence-electron chi connectivity index (χ2n) is 9.78. The second kappa shape index (κ2) is 15.2. The molecule has 0 atom stereocenters. The Morgan fingerprint density at radius 3 is 1.88 bits per heavy atom. The van der Waals surface area contributed by atoms with Gasteiger partial charge < -0.3 is 28.6 Å². The predicted octanol–water partition coefficient (Wildman–Crippen LogP) is 5.54. The van der Waals surface area contributed by atoms with Crippen LogP contribution in [0.4, 0.5) is 0 Å². The Hall–Kier alpha value is -3.17. The molecule has 0 saturated carbocycles. The van der Waals surface area contributed by atoms with Crippen molar-refractivity contribution >= 4 is 30.8 Å². The first-order valence-electron chi connectivity index (χ1n) is 13.4. The molecule has 1 fully saturated rings. The summed E-state index contributed by atoms with van der Waals surface area (Å²) in [5.41, 5.74) is 2.83. The average Bonchev–Trinajstić information content (AvgIpc) is 2.98. The molecule has 0 radical (unpaired) electrons. The van der Waals surface area contributed by atoms with Crippen molar-refractivity contribution in [2.75, 3.05) is 60.7 Å². The van der Waals surface area contributed by atoms with Crippen LogP contribution in [-0.4, -0.2) is 76.4 Å². The Balaban J connectivity index is 0.00000231. The molecule has 0 spiro atoms. The van der Waals surface area contributed by atoms with Gasteiger partial charge in [0.2, 0.25) is 5.75 Å². The number of ether oxygens (including phenoxy) is 5. The van der Waals surface area contributed by atoms with Crippen LogP contribution in [-0.2, 0) is 16.1 Å². The first-order chi connectivity index (χ1) is 19.1. The van der Waals surface area contributed by atoms with Crippen molar-refractivity contribution in [3.05, 3.63) is 77.4 Å². The van der Waals surface area contributed by atoms with E-state index in [4.69, 9.17) is 23.7 Å². The molecule has 3 aromatic rings. The highest BCUT2D eigenvalue weighted by Crippen LogP contribution is 2.44. The topological polar surface area (TPSA) is 69.7 Å². The van der Waals surface area contributed by atoms with Crippen molar-refractivity contribution < 1.29 is 28.5 Å². The summed E-state index contributed by atoms with van der Waals surface area (Å²) in [5.74, 6) is 2.68. The van der Waals surface area contributed by atoms with Gasteiger partial charge in [-0.1, -0.05) is 36.4 Å². The molecule has 3 aromatic carbocycles. The number of fused-ring (bicyclic) bond motifs is 2. The number of methoxy groups -OCH3 is 3. The number of nitrogens with zero attached hydrogens (tertiary/aromatic N) is 2. The predicted molar refractivity (Wildman–Crippen MR) is 163 cm³/mol. The SMILES string of the molecule is COc1cc(CN2CCN(CCCOC(=O)C3c4ccccc4Oc4ccccc43)CC2)cc(OC)c1OC.Cl.Cl. The van der Waals surface area contributed by atoms with Gasteiger partial charge in [-0.2, -0.15) is 0 Å². The molecule has 0 unspecified atom stereocenters. The van der Waals surface area contributed by atoms with Crippen molar-refractivity contribution in [1.82, 2.24) is 9.80 Å². The maximum absolute atomic E-state index is 13.2. The van der Waals surface area contributed by atoms with Crippen LogP contribution in [0.15, 0.2) is 60.7 Å². The van der Waals surface area contributed by atoms with E-state index in [2.05, 4.69) is 9.80 Å². The molecule has 0 N–H and O–H groups in total. The highest BCUT2D eigenvalue weighted by molar-refractivity contribution is 5.86. The fourth-order valence-electron chi connectivity index (χ4n) is 5.36. The minimum Gasteiger partial charge on any atom is -0.493 e. The van der Waals surface area contributed by atoms with Gasteiger partial charge in [0.1, 0.15) is 17.4 Å². The second-order valence-corrected chi connectivity index (χ2v) is 9.78. The number of hydrogen-bond donors (Lipinski definition) is 0. The molecule has 10 heteroatoms. The number of para-hydroxylation sites is 2. The summed E-state index contributed by atoms with van der Waals surface area (Å²) in [7, 11) is 4.89. The Bertz CT molecular complexity index is 1230. The van der Waals surface area contributed by atoms with E-state index in [1.54, 1.807) is 21.3 Å². The molecule has 0 amide bonds. The van der Waals surface area contributed by atoms with E-state index in [9.17, 15) is 4.79 Å². The van der Waals surface area contributed by atoms with Gasteiger partial charge in [-0.05, 0) is 36.2 Å². The molecular weight excluding hydrogens is 567 g/mol. The first kappa shape index (κ1) is 32.3. The van der Waals surface area contributed by atoms with Crippen LogP contribution in [0.3, 0.4) is 0 Å². The molecule has 222 valence electrons. The summed E-state index contributed by atoms with van der Waals surface area (Å²) in [6.45, 7) is 5.98. The van der Waals surface area contributed by atoms with Gasteiger partial charge in [-0.25, -0.2) is 0 Å². The Labute approximate surface area is 254 Å². The summed E-state index contributed by atoms with van der Waals surface area (Å²) in [6.07, 6.45) is 0.797. The summed E-state index contributed by atoms with van der Waals surface area (Å²) in [6, 6.07) is 19.4. The van der Waals surface area contributed by atoms with Gasteiger partial charge in [0, 0.05) is 50.4 Å². The molecule has 1 saturated heterocycles. The van der Waals surface area contributed by atoms with E-state index in [1.807, 2.05) is 60.7 Å². The summed E-state index contributed by atoms with van der Waals surface area (Å²) < 4.78 is 28.2. The molecule has 5 rings (SSSR count). The number of carbonyl (C=O) groups is 1. The van der Waals surface area contributed by atoms with Crippen LogP contribution in [0, 0.1) is 0 Å². The zero-order valence-electron chi connectivity index (χ0n) is 23.7. The molecule has 0 aromatic heterocycles. The van der Waals surface area contributed by atoms with Crippen LogP contribution in [0.5, 0.6) is 28.7 Å². The van der Waals surface area contributed by atoms with Crippen LogP contribution < -0.4 is 18.9 Å². The van der Waals surface area contributed by atoms with Crippen molar-refractivity contribution in [3.8, 4) is 28.7 Å². The summed E-state index contributed by atoms with van der Waals surface area (Å²) >= 11 is 0. The van der Waals surface area contributed by atoms with Crippen LogP contribution in [0.2, 0.25) is 0 Å². The lowest BCUT2D eigenvalue weighted by Gasteiger charge is -2.34. The first-order valence-corrected chi connectivity index (χ1v) is 13.4. The maximum Gasteiger partial charge on any atom is 0.318 e. The van der Waals surface area contributed by atoms with Gasteiger partial charge in [0.25, 0.3) is 0 Å². The molecular formula is C31H38Cl2N2O6. The van der Waals surface area contributed by atoms with Crippen molar-refractivity contribution in [2.45, 2.75) is 18.9 Å². The summed E-state index contributed by atoms with van der Waals surface area (Å²) in [5, 5.41) is 0. The molecule has 41 heavy (non-hydrogen) atoms. The standard InChI is InChI=1S/C31H36N2O6.2ClH/c1-35-27-19-22(20-28(36-2)30(27)37-3)21-33-16-14-32(15-17-33)13-8-18-38-31(34)29-23-9-4-6-11-25(23)39-26-12-7-5-10-24(26)29;;/h4-7,9-12,19-20,29H,8,13-18,21H2,1-3H3;2*1H. The molecule has 2 aliphatic rings. The largest absolute Gasteiger partial charge is 0.493 e. The van der Waals surface area contributed by atoms with Crippen LogP contribution in [0.1, 0.15) is 29.0 Å². The van der Waals surface area contributed by atoms with Crippen molar-refractivity contribution in [3.63, 3.8) is 0 Å². The van der Waals surface area contributed by atoms with Gasteiger partial charge in [0.05, 0.1) is 27.9 Å². The number of rotatable bonds is 10. The fourth-order valence-corrected chi connectivity index (χ4v) is 5.36. The number of piperazine rings is 1. The Morgan fingerprint density at radius 2 is 1.34 bits per heavy atom. The molecule has 0 aliphatic carbocycles. The van der Waals surface area contributed by atoms with Crippen LogP contribution >= 0.6 is 24.8 Å². The molecule has 0 bridgehead atoms. The van der Waals surface area contributed by atoms with E-state index in [-0.39, 0.29) is 30.8 Å². The minimum absolute atomic E-state index is 0. The lowest BCUT2D eigenvalue weighted by Crippen LogP contribution is -2.46. The van der Waals surface area contributed by atoms with Crippen LogP contribution in [0.25, 0.3) is 0 Å². The van der Waals surface area contributed by atoms with Gasteiger partial charge in [-0.15, -0.1) is 24.8 Å². The minimum atomic E-state index is -0.468. The summed E-state index contributed by atoms with van der Waals surface area (Å²) in [4.78, 5) is 18.1. The smallest absolute Gasteiger partial charge is 0.318 e. The molecule has 2 aliphatic heterocycles. The van der Waals surface area contributed by atoms with Gasteiger partial charge >= 0.3 is 5.97 Å². The molecule has 2 heterocycles.